The van der Waals surface area contributed by atoms with E-state index in [9.17, 15) is 9.59 Å². The number of methoxy groups -OCH3 is 2. The molecule has 0 aliphatic carbocycles. The molecule has 1 amide bonds. The number of carbonyl (C=O) groups excluding carboxylic acids is 2. The molecule has 9 nitrogen and oxygen atoms in total. The summed E-state index contributed by atoms with van der Waals surface area (Å²) in [5.41, 5.74) is 0.895. The fourth-order valence-electron chi connectivity index (χ4n) is 2.57. The number of benzene rings is 2. The highest BCUT2D eigenvalue weighted by Gasteiger charge is 2.16. The molecule has 3 rings (SSSR count). The van der Waals surface area contributed by atoms with Gasteiger partial charge in [0.25, 0.3) is 5.91 Å². The molecule has 2 aromatic carbocycles. The molecule has 0 spiro atoms. The Hall–Kier alpha value is -3.88. The van der Waals surface area contributed by atoms with Gasteiger partial charge < -0.3 is 24.1 Å². The number of hydrogen-bond acceptors (Lipinski definition) is 8. The van der Waals surface area contributed by atoms with Gasteiger partial charge >= 0.3 is 5.97 Å². The first-order valence-corrected chi connectivity index (χ1v) is 8.62. The number of nitrogens with one attached hydrogen (secondary N) is 1. The minimum absolute atomic E-state index is 0.00747. The molecular formula is C20H19N3O6. The van der Waals surface area contributed by atoms with Crippen molar-refractivity contribution in [2.24, 2.45) is 0 Å². The van der Waals surface area contributed by atoms with Crippen LogP contribution in [-0.2, 0) is 11.3 Å². The minimum atomic E-state index is -0.512. The fourth-order valence-corrected chi connectivity index (χ4v) is 2.57. The molecule has 0 atom stereocenters. The molecule has 0 aliphatic heterocycles. The van der Waals surface area contributed by atoms with Crippen LogP contribution in [-0.4, -0.2) is 36.2 Å². The Morgan fingerprint density at radius 1 is 1.03 bits per heavy atom. The van der Waals surface area contributed by atoms with Crippen LogP contribution in [0.25, 0.3) is 11.4 Å². The molecule has 0 saturated carbocycles. The van der Waals surface area contributed by atoms with Crippen LogP contribution in [0.3, 0.4) is 0 Å². The van der Waals surface area contributed by atoms with Gasteiger partial charge in [-0.3, -0.25) is 9.59 Å². The Morgan fingerprint density at radius 3 is 2.52 bits per heavy atom. The summed E-state index contributed by atoms with van der Waals surface area (Å²) < 4.78 is 20.7. The predicted molar refractivity (Wildman–Crippen MR) is 102 cm³/mol. The Kier molecular flexibility index (Phi) is 6.08. The van der Waals surface area contributed by atoms with Crippen LogP contribution < -0.4 is 19.5 Å². The van der Waals surface area contributed by atoms with Crippen molar-refractivity contribution in [1.29, 1.82) is 0 Å². The number of ether oxygens (including phenoxy) is 3. The third-order valence-electron chi connectivity index (χ3n) is 3.90. The van der Waals surface area contributed by atoms with Gasteiger partial charge in [0.2, 0.25) is 11.7 Å². The van der Waals surface area contributed by atoms with Crippen molar-refractivity contribution in [3.8, 4) is 28.6 Å². The summed E-state index contributed by atoms with van der Waals surface area (Å²) >= 11 is 0. The number of carbonyl (C=O) groups is 2. The summed E-state index contributed by atoms with van der Waals surface area (Å²) in [4.78, 5) is 27.9. The second-order valence-corrected chi connectivity index (χ2v) is 5.85. The van der Waals surface area contributed by atoms with Gasteiger partial charge in [-0.2, -0.15) is 4.98 Å². The first-order valence-electron chi connectivity index (χ1n) is 8.62. The molecule has 0 fully saturated rings. The van der Waals surface area contributed by atoms with Gasteiger partial charge in [-0.15, -0.1) is 0 Å². The zero-order chi connectivity index (χ0) is 20.8. The van der Waals surface area contributed by atoms with Crippen molar-refractivity contribution in [3.63, 3.8) is 0 Å². The van der Waals surface area contributed by atoms with E-state index in [1.165, 1.54) is 20.1 Å². The molecule has 29 heavy (non-hydrogen) atoms. The van der Waals surface area contributed by atoms with Gasteiger partial charge in [0.05, 0.1) is 26.3 Å². The van der Waals surface area contributed by atoms with Gasteiger partial charge in [0, 0.05) is 12.5 Å². The highest BCUT2D eigenvalue weighted by atomic mass is 16.5. The van der Waals surface area contributed by atoms with E-state index in [0.29, 0.717) is 22.9 Å². The standard InChI is InChI=1S/C20H19N3O6/c1-12(24)28-15-7-5-4-6-14(15)20(25)21-11-18-22-19(23-29-18)13-8-9-16(26-2)17(10-13)27-3/h4-10H,11H2,1-3H3,(H,21,25). The predicted octanol–water partition coefficient (Wildman–Crippen LogP) is 2.61. The van der Waals surface area contributed by atoms with Crippen LogP contribution in [0, 0.1) is 0 Å². The Balaban J connectivity index is 1.70. The van der Waals surface area contributed by atoms with Crippen LogP contribution in [0.4, 0.5) is 0 Å². The molecule has 0 saturated heterocycles. The average molecular weight is 397 g/mol. The topological polar surface area (TPSA) is 113 Å². The zero-order valence-corrected chi connectivity index (χ0v) is 16.1. The number of para-hydroxylation sites is 1. The Bertz CT molecular complexity index is 1030. The van der Waals surface area contributed by atoms with Crippen LogP contribution in [0.1, 0.15) is 23.2 Å². The number of hydrogen-bond donors (Lipinski definition) is 1. The first kappa shape index (κ1) is 19.9. The highest BCUT2D eigenvalue weighted by Crippen LogP contribution is 2.31. The number of rotatable bonds is 7. The summed E-state index contributed by atoms with van der Waals surface area (Å²) in [6.07, 6.45) is 0. The van der Waals surface area contributed by atoms with Crippen molar-refractivity contribution in [2.75, 3.05) is 14.2 Å². The summed E-state index contributed by atoms with van der Waals surface area (Å²) in [6, 6.07) is 11.7. The van der Waals surface area contributed by atoms with Gasteiger partial charge in [-0.1, -0.05) is 17.3 Å². The molecule has 0 aliphatic rings. The van der Waals surface area contributed by atoms with Gasteiger partial charge in [0.1, 0.15) is 5.75 Å². The van der Waals surface area contributed by atoms with Crippen molar-refractivity contribution < 1.29 is 28.3 Å². The van der Waals surface area contributed by atoms with E-state index < -0.39 is 11.9 Å². The van der Waals surface area contributed by atoms with E-state index in [2.05, 4.69) is 15.5 Å². The van der Waals surface area contributed by atoms with Crippen LogP contribution >= 0.6 is 0 Å². The smallest absolute Gasteiger partial charge is 0.308 e. The largest absolute Gasteiger partial charge is 0.493 e. The SMILES string of the molecule is COc1ccc(-c2noc(CNC(=O)c3ccccc3OC(C)=O)n2)cc1OC. The van der Waals surface area contributed by atoms with Gasteiger partial charge in [-0.25, -0.2) is 0 Å². The van der Waals surface area contributed by atoms with E-state index in [0.717, 1.165) is 0 Å². The minimum Gasteiger partial charge on any atom is -0.493 e. The van der Waals surface area contributed by atoms with E-state index in [1.54, 1.807) is 43.5 Å². The van der Waals surface area contributed by atoms with Gasteiger partial charge in [0.15, 0.2) is 11.5 Å². The van der Waals surface area contributed by atoms with Crippen LogP contribution in [0.5, 0.6) is 17.2 Å². The van der Waals surface area contributed by atoms with Crippen LogP contribution in [0.2, 0.25) is 0 Å². The molecule has 1 N–H and O–H groups in total. The molecule has 1 aromatic heterocycles. The second-order valence-electron chi connectivity index (χ2n) is 5.85. The number of nitrogens with zero attached hydrogens (tertiary/aromatic N) is 2. The normalized spacial score (nSPS) is 10.3. The third kappa shape index (κ3) is 4.70. The molecule has 0 unspecified atom stereocenters. The molecule has 0 radical (unpaired) electrons. The van der Waals surface area contributed by atoms with Crippen LogP contribution in [0.15, 0.2) is 47.0 Å². The van der Waals surface area contributed by atoms with E-state index >= 15 is 0 Å². The monoisotopic (exact) mass is 397 g/mol. The summed E-state index contributed by atoms with van der Waals surface area (Å²) in [6.45, 7) is 1.27. The zero-order valence-electron chi connectivity index (χ0n) is 16.1. The maximum Gasteiger partial charge on any atom is 0.308 e. The highest BCUT2D eigenvalue weighted by molar-refractivity contribution is 5.97. The van der Waals surface area contributed by atoms with Gasteiger partial charge in [-0.05, 0) is 30.3 Å². The average Bonchev–Trinajstić information content (AvgIpc) is 3.20. The summed E-state index contributed by atoms with van der Waals surface area (Å²) in [5, 5.41) is 6.59. The lowest BCUT2D eigenvalue weighted by Crippen LogP contribution is -2.24. The van der Waals surface area contributed by atoms with Crippen molar-refractivity contribution in [2.45, 2.75) is 13.5 Å². The first-order chi connectivity index (χ1) is 14.0. The number of amides is 1. The van der Waals surface area contributed by atoms with Crippen molar-refractivity contribution in [1.82, 2.24) is 15.5 Å². The summed E-state index contributed by atoms with van der Waals surface area (Å²) in [5.74, 6) is 0.900. The second kappa shape index (κ2) is 8.87. The molecule has 150 valence electrons. The number of aromatic nitrogens is 2. The van der Waals surface area contributed by atoms with E-state index in [4.69, 9.17) is 18.7 Å². The molecule has 0 bridgehead atoms. The van der Waals surface area contributed by atoms with Crippen molar-refractivity contribution >= 4 is 11.9 Å². The maximum absolute atomic E-state index is 12.4. The third-order valence-corrected chi connectivity index (χ3v) is 3.90. The molecular weight excluding hydrogens is 378 g/mol. The quantitative estimate of drug-likeness (QED) is 0.478. The van der Waals surface area contributed by atoms with E-state index in [-0.39, 0.29) is 23.7 Å². The molecule has 3 aromatic rings. The lowest BCUT2D eigenvalue weighted by atomic mass is 10.2. The Morgan fingerprint density at radius 2 is 1.79 bits per heavy atom. The lowest BCUT2D eigenvalue weighted by molar-refractivity contribution is -0.131. The Labute approximate surface area is 166 Å². The summed E-state index contributed by atoms with van der Waals surface area (Å²) in [7, 11) is 3.08. The molecule has 9 heteroatoms. The molecule has 1 heterocycles. The van der Waals surface area contributed by atoms with E-state index in [1.807, 2.05) is 0 Å². The maximum atomic E-state index is 12.4. The number of esters is 1. The lowest BCUT2D eigenvalue weighted by Gasteiger charge is -2.08. The van der Waals surface area contributed by atoms with Crippen molar-refractivity contribution in [3.05, 3.63) is 53.9 Å². The fraction of sp³-hybridized carbons (Fsp3) is 0.200.